The van der Waals surface area contributed by atoms with Gasteiger partial charge in [0.1, 0.15) is 0 Å². The number of thioether (sulfide) groups is 1. The highest BCUT2D eigenvalue weighted by atomic mass is 32.2. The van der Waals surface area contributed by atoms with E-state index in [9.17, 15) is 4.79 Å². The van der Waals surface area contributed by atoms with Crippen LogP contribution < -0.4 is 5.32 Å². The molecule has 1 aromatic rings. The van der Waals surface area contributed by atoms with Gasteiger partial charge in [0.2, 0.25) is 5.91 Å². The highest BCUT2D eigenvalue weighted by Gasteiger charge is 2.00. The molecule has 0 saturated heterocycles. The third-order valence-electron chi connectivity index (χ3n) is 1.99. The molecule has 0 aromatic carbocycles. The summed E-state index contributed by atoms with van der Waals surface area (Å²) >= 11 is 1.77. The Morgan fingerprint density at radius 3 is 2.87 bits per heavy atom. The monoisotopic (exact) mass is 224 g/mol. The van der Waals surface area contributed by atoms with Gasteiger partial charge in [0, 0.05) is 25.4 Å². The Labute approximate surface area is 94.7 Å². The fourth-order valence-corrected chi connectivity index (χ4v) is 1.60. The van der Waals surface area contributed by atoms with Crippen molar-refractivity contribution in [2.75, 3.05) is 12.0 Å². The molecule has 1 rings (SSSR count). The average Bonchev–Trinajstić information content (AvgIpc) is 2.28. The number of pyridine rings is 1. The molecule has 1 aromatic heterocycles. The SMILES string of the molecule is CSCCCC(=O)NCc1ccncc1. The van der Waals surface area contributed by atoms with E-state index >= 15 is 0 Å². The molecule has 1 N–H and O–H groups in total. The predicted octanol–water partition coefficient (Wildman–Crippen LogP) is 1.84. The lowest BCUT2D eigenvalue weighted by molar-refractivity contribution is -0.121. The fraction of sp³-hybridized carbons (Fsp3) is 0.455. The first-order valence-electron chi connectivity index (χ1n) is 4.97. The van der Waals surface area contributed by atoms with Crippen molar-refractivity contribution in [3.8, 4) is 0 Å². The van der Waals surface area contributed by atoms with E-state index in [0.717, 1.165) is 17.7 Å². The van der Waals surface area contributed by atoms with Crippen LogP contribution in [0.4, 0.5) is 0 Å². The van der Waals surface area contributed by atoms with E-state index in [1.54, 1.807) is 24.2 Å². The van der Waals surface area contributed by atoms with Gasteiger partial charge in [0.25, 0.3) is 0 Å². The van der Waals surface area contributed by atoms with E-state index in [4.69, 9.17) is 0 Å². The molecule has 1 heterocycles. The van der Waals surface area contributed by atoms with Crippen LogP contribution in [-0.2, 0) is 11.3 Å². The lowest BCUT2D eigenvalue weighted by Crippen LogP contribution is -2.22. The van der Waals surface area contributed by atoms with Crippen LogP contribution in [0.1, 0.15) is 18.4 Å². The van der Waals surface area contributed by atoms with Crippen LogP contribution in [0.15, 0.2) is 24.5 Å². The number of hydrogen-bond donors (Lipinski definition) is 1. The first kappa shape index (κ1) is 12.0. The summed E-state index contributed by atoms with van der Waals surface area (Å²) < 4.78 is 0. The van der Waals surface area contributed by atoms with Crippen molar-refractivity contribution in [2.24, 2.45) is 0 Å². The second-order valence-electron chi connectivity index (χ2n) is 3.23. The summed E-state index contributed by atoms with van der Waals surface area (Å²) in [7, 11) is 0. The molecule has 0 aliphatic heterocycles. The topological polar surface area (TPSA) is 42.0 Å². The van der Waals surface area contributed by atoms with Crippen LogP contribution in [0.3, 0.4) is 0 Å². The van der Waals surface area contributed by atoms with Gasteiger partial charge in [-0.2, -0.15) is 11.8 Å². The summed E-state index contributed by atoms with van der Waals surface area (Å²) in [5.74, 6) is 1.17. The summed E-state index contributed by atoms with van der Waals surface area (Å²) in [4.78, 5) is 15.3. The molecular weight excluding hydrogens is 208 g/mol. The molecule has 0 aliphatic carbocycles. The Balaban J connectivity index is 2.17. The van der Waals surface area contributed by atoms with Gasteiger partial charge in [0.15, 0.2) is 0 Å². The van der Waals surface area contributed by atoms with Crippen molar-refractivity contribution in [3.63, 3.8) is 0 Å². The van der Waals surface area contributed by atoms with Crippen LogP contribution in [0.2, 0.25) is 0 Å². The number of amides is 1. The maximum absolute atomic E-state index is 11.4. The van der Waals surface area contributed by atoms with Gasteiger partial charge in [-0.1, -0.05) is 0 Å². The minimum atomic E-state index is 0.126. The van der Waals surface area contributed by atoms with Crippen molar-refractivity contribution < 1.29 is 4.79 Å². The first-order chi connectivity index (χ1) is 7.33. The summed E-state index contributed by atoms with van der Waals surface area (Å²) in [6.07, 6.45) is 7.08. The number of aromatic nitrogens is 1. The summed E-state index contributed by atoms with van der Waals surface area (Å²) in [6.45, 7) is 0.598. The van der Waals surface area contributed by atoms with E-state index in [1.165, 1.54) is 0 Å². The van der Waals surface area contributed by atoms with Crippen molar-refractivity contribution in [1.82, 2.24) is 10.3 Å². The van der Waals surface area contributed by atoms with Crippen LogP contribution in [0.25, 0.3) is 0 Å². The lowest BCUT2D eigenvalue weighted by Gasteiger charge is -2.04. The van der Waals surface area contributed by atoms with E-state index < -0.39 is 0 Å². The Kier molecular flexibility index (Phi) is 5.85. The molecule has 0 aliphatic rings. The predicted molar refractivity (Wildman–Crippen MR) is 63.7 cm³/mol. The third kappa shape index (κ3) is 5.42. The standard InChI is InChI=1S/C11H16N2OS/c1-15-8-2-3-11(14)13-9-10-4-6-12-7-5-10/h4-7H,2-3,8-9H2,1H3,(H,13,14). The van der Waals surface area contributed by atoms with Gasteiger partial charge in [-0.25, -0.2) is 0 Å². The quantitative estimate of drug-likeness (QED) is 0.750. The van der Waals surface area contributed by atoms with E-state index in [-0.39, 0.29) is 5.91 Å². The fourth-order valence-electron chi connectivity index (χ4n) is 1.17. The maximum atomic E-state index is 11.4. The summed E-state index contributed by atoms with van der Waals surface area (Å²) in [5.41, 5.74) is 1.09. The maximum Gasteiger partial charge on any atom is 0.220 e. The molecule has 0 bridgehead atoms. The summed E-state index contributed by atoms with van der Waals surface area (Å²) in [5, 5.41) is 2.88. The molecule has 0 atom stereocenters. The number of hydrogen-bond acceptors (Lipinski definition) is 3. The number of rotatable bonds is 6. The number of carbonyl (C=O) groups is 1. The Morgan fingerprint density at radius 1 is 1.47 bits per heavy atom. The molecule has 1 amide bonds. The minimum absolute atomic E-state index is 0.126. The van der Waals surface area contributed by atoms with Gasteiger partial charge in [-0.15, -0.1) is 0 Å². The molecule has 4 heteroatoms. The Hall–Kier alpha value is -1.03. The second-order valence-corrected chi connectivity index (χ2v) is 4.21. The zero-order chi connectivity index (χ0) is 10.9. The minimum Gasteiger partial charge on any atom is -0.352 e. The zero-order valence-electron chi connectivity index (χ0n) is 8.90. The Bertz CT molecular complexity index is 290. The lowest BCUT2D eigenvalue weighted by atomic mass is 10.2. The average molecular weight is 224 g/mol. The smallest absolute Gasteiger partial charge is 0.220 e. The highest BCUT2D eigenvalue weighted by molar-refractivity contribution is 7.98. The van der Waals surface area contributed by atoms with E-state index in [0.29, 0.717) is 13.0 Å². The van der Waals surface area contributed by atoms with E-state index in [2.05, 4.69) is 16.6 Å². The van der Waals surface area contributed by atoms with E-state index in [1.807, 2.05) is 12.1 Å². The van der Waals surface area contributed by atoms with Crippen molar-refractivity contribution in [1.29, 1.82) is 0 Å². The van der Waals surface area contributed by atoms with Crippen LogP contribution in [-0.4, -0.2) is 22.9 Å². The zero-order valence-corrected chi connectivity index (χ0v) is 9.72. The third-order valence-corrected chi connectivity index (χ3v) is 2.69. The molecule has 0 radical (unpaired) electrons. The molecule has 0 spiro atoms. The Morgan fingerprint density at radius 2 is 2.20 bits per heavy atom. The van der Waals surface area contributed by atoms with Gasteiger partial charge < -0.3 is 5.32 Å². The van der Waals surface area contributed by atoms with Gasteiger partial charge in [-0.3, -0.25) is 9.78 Å². The molecular formula is C11H16N2OS. The van der Waals surface area contributed by atoms with Crippen LogP contribution in [0.5, 0.6) is 0 Å². The van der Waals surface area contributed by atoms with Crippen molar-refractivity contribution in [2.45, 2.75) is 19.4 Å². The molecule has 0 fully saturated rings. The number of nitrogens with zero attached hydrogens (tertiary/aromatic N) is 1. The highest BCUT2D eigenvalue weighted by Crippen LogP contribution is 2.00. The molecule has 0 saturated carbocycles. The van der Waals surface area contributed by atoms with Crippen molar-refractivity contribution >= 4 is 17.7 Å². The normalized spacial score (nSPS) is 9.93. The number of carbonyl (C=O) groups excluding carboxylic acids is 1. The van der Waals surface area contributed by atoms with Gasteiger partial charge in [-0.05, 0) is 36.1 Å². The van der Waals surface area contributed by atoms with Crippen LogP contribution >= 0.6 is 11.8 Å². The second kappa shape index (κ2) is 7.29. The van der Waals surface area contributed by atoms with Crippen molar-refractivity contribution in [3.05, 3.63) is 30.1 Å². The number of nitrogens with one attached hydrogen (secondary N) is 1. The first-order valence-corrected chi connectivity index (χ1v) is 6.37. The molecule has 82 valence electrons. The largest absolute Gasteiger partial charge is 0.352 e. The van der Waals surface area contributed by atoms with Crippen LogP contribution in [0, 0.1) is 0 Å². The van der Waals surface area contributed by atoms with Gasteiger partial charge in [0.05, 0.1) is 0 Å². The molecule has 3 nitrogen and oxygen atoms in total. The molecule has 0 unspecified atom stereocenters. The van der Waals surface area contributed by atoms with Gasteiger partial charge >= 0.3 is 0 Å². The molecule has 15 heavy (non-hydrogen) atoms. The summed E-state index contributed by atoms with van der Waals surface area (Å²) in [6, 6.07) is 3.81.